The molecule has 2 heteroatoms. The average molecular weight is 227 g/mol. The molecule has 2 rings (SSSR count). The van der Waals surface area contributed by atoms with Gasteiger partial charge >= 0.3 is 0 Å². The SMILES string of the molecule is Cc1ccc(N(CC=O)C2=CCCC=C2)cc1. The standard InChI is InChI=1S/C15H17NO/c1-13-7-9-15(10-8-13)16(11-12-17)14-5-3-2-4-6-14/h3,5-10,12H,2,4,11H2,1H3. The van der Waals surface area contributed by atoms with Gasteiger partial charge in [0, 0.05) is 11.4 Å². The molecule has 17 heavy (non-hydrogen) atoms. The zero-order chi connectivity index (χ0) is 12.1. The van der Waals surface area contributed by atoms with Crippen LogP contribution in [0.1, 0.15) is 18.4 Å². The molecular weight excluding hydrogens is 210 g/mol. The molecule has 0 bridgehead atoms. The summed E-state index contributed by atoms with van der Waals surface area (Å²) in [6.07, 6.45) is 9.51. The van der Waals surface area contributed by atoms with Crippen molar-refractivity contribution in [3.8, 4) is 0 Å². The summed E-state index contributed by atoms with van der Waals surface area (Å²) in [5, 5.41) is 0. The van der Waals surface area contributed by atoms with Gasteiger partial charge in [0.05, 0.1) is 6.54 Å². The molecule has 0 saturated carbocycles. The Kier molecular flexibility index (Phi) is 3.76. The number of hydrogen-bond acceptors (Lipinski definition) is 2. The number of hydrogen-bond donors (Lipinski definition) is 0. The molecule has 0 N–H and O–H groups in total. The minimum absolute atomic E-state index is 0.402. The lowest BCUT2D eigenvalue weighted by atomic mass is 10.1. The van der Waals surface area contributed by atoms with Crippen molar-refractivity contribution in [2.45, 2.75) is 19.8 Å². The van der Waals surface area contributed by atoms with Crippen LogP contribution in [0.5, 0.6) is 0 Å². The van der Waals surface area contributed by atoms with Crippen LogP contribution >= 0.6 is 0 Å². The quantitative estimate of drug-likeness (QED) is 0.736. The summed E-state index contributed by atoms with van der Waals surface area (Å²) in [6.45, 7) is 2.47. The summed E-state index contributed by atoms with van der Waals surface area (Å²) in [6, 6.07) is 8.25. The second-order valence-electron chi connectivity index (χ2n) is 4.22. The second kappa shape index (κ2) is 5.48. The van der Waals surface area contributed by atoms with E-state index in [1.54, 1.807) is 0 Å². The van der Waals surface area contributed by atoms with Crippen LogP contribution in [-0.2, 0) is 4.79 Å². The summed E-state index contributed by atoms with van der Waals surface area (Å²) in [5.41, 5.74) is 3.42. The van der Waals surface area contributed by atoms with Crippen LogP contribution in [0.15, 0.2) is 48.2 Å². The number of carbonyl (C=O) groups excluding carboxylic acids is 1. The third kappa shape index (κ3) is 2.84. The van der Waals surface area contributed by atoms with E-state index in [2.05, 4.69) is 49.4 Å². The minimum atomic E-state index is 0.402. The highest BCUT2D eigenvalue weighted by Gasteiger charge is 2.10. The first-order valence-electron chi connectivity index (χ1n) is 5.96. The molecule has 2 nitrogen and oxygen atoms in total. The zero-order valence-corrected chi connectivity index (χ0v) is 10.1. The van der Waals surface area contributed by atoms with Gasteiger partial charge in [0.15, 0.2) is 0 Å². The Morgan fingerprint density at radius 3 is 2.59 bits per heavy atom. The molecule has 0 fully saturated rings. The van der Waals surface area contributed by atoms with Crippen molar-refractivity contribution < 1.29 is 4.79 Å². The molecule has 0 unspecified atom stereocenters. The lowest BCUT2D eigenvalue weighted by Crippen LogP contribution is -2.24. The molecule has 1 aliphatic carbocycles. The summed E-state index contributed by atoms with van der Waals surface area (Å²) in [7, 11) is 0. The Balaban J connectivity index is 2.28. The van der Waals surface area contributed by atoms with Crippen LogP contribution < -0.4 is 4.90 Å². The summed E-state index contributed by atoms with van der Waals surface area (Å²) in [5.74, 6) is 0. The molecule has 0 saturated heterocycles. The van der Waals surface area contributed by atoms with E-state index in [1.165, 1.54) is 5.56 Å². The smallest absolute Gasteiger partial charge is 0.139 e. The predicted octanol–water partition coefficient (Wildman–Crippen LogP) is 3.23. The molecule has 0 spiro atoms. The highest BCUT2D eigenvalue weighted by atomic mass is 16.1. The monoisotopic (exact) mass is 227 g/mol. The molecule has 1 aromatic rings. The third-order valence-electron chi connectivity index (χ3n) is 2.89. The average Bonchev–Trinajstić information content (AvgIpc) is 2.38. The van der Waals surface area contributed by atoms with E-state index in [4.69, 9.17) is 0 Å². The Morgan fingerprint density at radius 2 is 2.00 bits per heavy atom. The second-order valence-corrected chi connectivity index (χ2v) is 4.22. The van der Waals surface area contributed by atoms with E-state index >= 15 is 0 Å². The lowest BCUT2D eigenvalue weighted by Gasteiger charge is -2.25. The summed E-state index contributed by atoms with van der Waals surface area (Å²) >= 11 is 0. The van der Waals surface area contributed by atoms with Gasteiger partial charge in [0.1, 0.15) is 6.29 Å². The van der Waals surface area contributed by atoms with E-state index in [-0.39, 0.29) is 0 Å². The molecule has 0 aromatic heterocycles. The van der Waals surface area contributed by atoms with Crippen LogP contribution in [0, 0.1) is 6.92 Å². The Bertz CT molecular complexity index is 442. The largest absolute Gasteiger partial charge is 0.335 e. The predicted molar refractivity (Wildman–Crippen MR) is 71.0 cm³/mol. The molecule has 1 aliphatic rings. The minimum Gasteiger partial charge on any atom is -0.335 e. The number of benzene rings is 1. The van der Waals surface area contributed by atoms with E-state index in [1.807, 2.05) is 4.90 Å². The van der Waals surface area contributed by atoms with Gasteiger partial charge in [-0.1, -0.05) is 29.8 Å². The van der Waals surface area contributed by atoms with Crippen LogP contribution in [-0.4, -0.2) is 12.8 Å². The number of aryl methyl sites for hydroxylation is 1. The van der Waals surface area contributed by atoms with Crippen molar-refractivity contribution in [2.24, 2.45) is 0 Å². The van der Waals surface area contributed by atoms with Gasteiger partial charge in [-0.2, -0.15) is 0 Å². The first kappa shape index (κ1) is 11.6. The number of aldehydes is 1. The fourth-order valence-electron chi connectivity index (χ4n) is 1.96. The van der Waals surface area contributed by atoms with Gasteiger partial charge in [0.25, 0.3) is 0 Å². The Labute approximate surface area is 102 Å². The molecule has 0 heterocycles. The fraction of sp³-hybridized carbons (Fsp3) is 0.267. The molecule has 0 amide bonds. The number of nitrogens with zero attached hydrogens (tertiary/aromatic N) is 1. The van der Waals surface area contributed by atoms with Crippen molar-refractivity contribution in [2.75, 3.05) is 11.4 Å². The van der Waals surface area contributed by atoms with Gasteiger partial charge < -0.3 is 9.69 Å². The maximum absolute atomic E-state index is 10.8. The third-order valence-corrected chi connectivity index (χ3v) is 2.89. The van der Waals surface area contributed by atoms with Crippen LogP contribution in [0.2, 0.25) is 0 Å². The van der Waals surface area contributed by atoms with E-state index < -0.39 is 0 Å². The van der Waals surface area contributed by atoms with Crippen LogP contribution in [0.4, 0.5) is 5.69 Å². The zero-order valence-electron chi connectivity index (χ0n) is 10.1. The van der Waals surface area contributed by atoms with Gasteiger partial charge in [-0.25, -0.2) is 0 Å². The van der Waals surface area contributed by atoms with Crippen LogP contribution in [0.25, 0.3) is 0 Å². The Hall–Kier alpha value is -1.83. The van der Waals surface area contributed by atoms with Gasteiger partial charge in [-0.15, -0.1) is 0 Å². The number of rotatable bonds is 4. The van der Waals surface area contributed by atoms with Gasteiger partial charge in [0.2, 0.25) is 0 Å². The Morgan fingerprint density at radius 1 is 1.24 bits per heavy atom. The van der Waals surface area contributed by atoms with Gasteiger partial charge in [-0.3, -0.25) is 0 Å². The first-order valence-corrected chi connectivity index (χ1v) is 5.96. The van der Waals surface area contributed by atoms with Gasteiger partial charge in [-0.05, 0) is 38.0 Å². The number of allylic oxidation sites excluding steroid dienone is 3. The molecule has 0 radical (unpaired) electrons. The maximum atomic E-state index is 10.8. The maximum Gasteiger partial charge on any atom is 0.139 e. The molecular formula is C15H17NO. The summed E-state index contributed by atoms with van der Waals surface area (Å²) < 4.78 is 0. The molecule has 88 valence electrons. The highest BCUT2D eigenvalue weighted by Crippen LogP contribution is 2.22. The van der Waals surface area contributed by atoms with E-state index in [9.17, 15) is 4.79 Å². The van der Waals surface area contributed by atoms with Crippen molar-refractivity contribution in [1.82, 2.24) is 0 Å². The molecule has 0 aliphatic heterocycles. The van der Waals surface area contributed by atoms with E-state index in [0.717, 1.165) is 30.5 Å². The molecule has 1 aromatic carbocycles. The first-order chi connectivity index (χ1) is 8.31. The number of anilines is 1. The molecule has 0 atom stereocenters. The van der Waals surface area contributed by atoms with Crippen molar-refractivity contribution in [1.29, 1.82) is 0 Å². The topological polar surface area (TPSA) is 20.3 Å². The van der Waals surface area contributed by atoms with Crippen molar-refractivity contribution in [3.05, 3.63) is 53.8 Å². The lowest BCUT2D eigenvalue weighted by molar-refractivity contribution is -0.106. The van der Waals surface area contributed by atoms with Crippen molar-refractivity contribution in [3.63, 3.8) is 0 Å². The van der Waals surface area contributed by atoms with Crippen molar-refractivity contribution >= 4 is 12.0 Å². The van der Waals surface area contributed by atoms with Crippen LogP contribution in [0.3, 0.4) is 0 Å². The normalized spacial score (nSPS) is 14.3. The van der Waals surface area contributed by atoms with E-state index in [0.29, 0.717) is 6.54 Å². The number of carbonyl (C=O) groups is 1. The summed E-state index contributed by atoms with van der Waals surface area (Å²) in [4.78, 5) is 12.8. The fourth-order valence-corrected chi connectivity index (χ4v) is 1.96. The highest BCUT2D eigenvalue weighted by molar-refractivity contribution is 5.66.